The van der Waals surface area contributed by atoms with Gasteiger partial charge in [0.15, 0.2) is 11.5 Å². The Morgan fingerprint density at radius 2 is 1.88 bits per heavy atom. The molecule has 0 unspecified atom stereocenters. The van der Waals surface area contributed by atoms with E-state index < -0.39 is 12.1 Å². The predicted octanol–water partition coefficient (Wildman–Crippen LogP) is 2.90. The molecular weight excluding hydrogens is 314 g/mol. The molecule has 0 saturated carbocycles. The molecule has 24 heavy (non-hydrogen) atoms. The summed E-state index contributed by atoms with van der Waals surface area (Å²) in [5.41, 5.74) is 1.02. The molecule has 1 aliphatic heterocycles. The van der Waals surface area contributed by atoms with Crippen molar-refractivity contribution < 1.29 is 28.9 Å². The van der Waals surface area contributed by atoms with Crippen LogP contribution in [0.15, 0.2) is 42.5 Å². The molecule has 2 aromatic carbocycles. The van der Waals surface area contributed by atoms with Crippen molar-refractivity contribution in [1.29, 1.82) is 0 Å². The van der Waals surface area contributed by atoms with Gasteiger partial charge in [0, 0.05) is 0 Å². The molecule has 2 N–H and O–H groups in total. The van der Waals surface area contributed by atoms with E-state index in [0.29, 0.717) is 19.0 Å². The summed E-state index contributed by atoms with van der Waals surface area (Å²) in [5, 5.41) is 11.7. The van der Waals surface area contributed by atoms with Crippen molar-refractivity contribution >= 4 is 17.7 Å². The summed E-state index contributed by atoms with van der Waals surface area (Å²) in [6.07, 6.45) is -0.710. The van der Waals surface area contributed by atoms with Crippen molar-refractivity contribution in [3.05, 3.63) is 53.6 Å². The van der Waals surface area contributed by atoms with Gasteiger partial charge < -0.3 is 19.3 Å². The molecule has 0 atom stereocenters. The molecule has 0 bridgehead atoms. The maximum Gasteiger partial charge on any atom is 0.412 e. The number of carboxylic acids is 1. The van der Waals surface area contributed by atoms with Crippen LogP contribution in [-0.2, 0) is 11.3 Å². The largest absolute Gasteiger partial charge is 0.486 e. The molecule has 0 saturated heterocycles. The second-order valence-corrected chi connectivity index (χ2v) is 5.04. The van der Waals surface area contributed by atoms with Crippen LogP contribution in [0, 0.1) is 0 Å². The van der Waals surface area contributed by atoms with Crippen LogP contribution in [0.25, 0.3) is 0 Å². The maximum atomic E-state index is 12.0. The van der Waals surface area contributed by atoms with E-state index in [1.54, 1.807) is 0 Å². The SMILES string of the molecule is O=C(Nc1cc(C(=O)O)cc2c1OCCO2)OCc1ccccc1. The highest BCUT2D eigenvalue weighted by Gasteiger charge is 2.21. The summed E-state index contributed by atoms with van der Waals surface area (Å²) in [7, 11) is 0. The molecule has 1 amide bonds. The number of benzene rings is 2. The van der Waals surface area contributed by atoms with Crippen molar-refractivity contribution in [2.45, 2.75) is 6.61 Å². The minimum atomic E-state index is -1.13. The first-order chi connectivity index (χ1) is 11.6. The van der Waals surface area contributed by atoms with E-state index in [-0.39, 0.29) is 23.6 Å². The average Bonchev–Trinajstić information content (AvgIpc) is 2.60. The number of carbonyl (C=O) groups excluding carboxylic acids is 1. The number of nitrogens with one attached hydrogen (secondary N) is 1. The van der Waals surface area contributed by atoms with E-state index in [4.69, 9.17) is 19.3 Å². The van der Waals surface area contributed by atoms with Gasteiger partial charge in [-0.05, 0) is 17.7 Å². The Bertz CT molecular complexity index is 759. The van der Waals surface area contributed by atoms with Gasteiger partial charge in [0.1, 0.15) is 19.8 Å². The first-order valence-corrected chi connectivity index (χ1v) is 7.28. The quantitative estimate of drug-likeness (QED) is 0.896. The number of hydrogen-bond donors (Lipinski definition) is 2. The van der Waals surface area contributed by atoms with E-state index in [1.807, 2.05) is 30.3 Å². The smallest absolute Gasteiger partial charge is 0.412 e. The van der Waals surface area contributed by atoms with E-state index in [0.717, 1.165) is 5.56 Å². The van der Waals surface area contributed by atoms with Gasteiger partial charge in [-0.3, -0.25) is 5.32 Å². The summed E-state index contributed by atoms with van der Waals surface area (Å²) in [5.74, 6) is -0.560. The minimum Gasteiger partial charge on any atom is -0.486 e. The molecule has 1 heterocycles. The molecular formula is C17H15NO6. The van der Waals surface area contributed by atoms with Crippen molar-refractivity contribution in [1.82, 2.24) is 0 Å². The van der Waals surface area contributed by atoms with Crippen LogP contribution in [0.2, 0.25) is 0 Å². The monoisotopic (exact) mass is 329 g/mol. The summed E-state index contributed by atoms with van der Waals surface area (Å²) >= 11 is 0. The zero-order chi connectivity index (χ0) is 16.9. The number of carboxylic acid groups (broad SMARTS) is 1. The minimum absolute atomic E-state index is 0.0161. The number of ether oxygens (including phenoxy) is 3. The van der Waals surface area contributed by atoms with Crippen LogP contribution in [-0.4, -0.2) is 30.4 Å². The third-order valence-electron chi connectivity index (χ3n) is 3.34. The Balaban J connectivity index is 1.74. The van der Waals surface area contributed by atoms with Gasteiger partial charge in [0.05, 0.1) is 11.3 Å². The van der Waals surface area contributed by atoms with Gasteiger partial charge in [-0.2, -0.15) is 0 Å². The highest BCUT2D eigenvalue weighted by molar-refractivity contribution is 5.94. The van der Waals surface area contributed by atoms with E-state index in [2.05, 4.69) is 5.32 Å². The second kappa shape index (κ2) is 6.91. The fraction of sp³-hybridized carbons (Fsp3) is 0.176. The van der Waals surface area contributed by atoms with Crippen LogP contribution < -0.4 is 14.8 Å². The summed E-state index contributed by atoms with van der Waals surface area (Å²) < 4.78 is 16.0. The van der Waals surface area contributed by atoms with Crippen molar-refractivity contribution in [3.63, 3.8) is 0 Å². The number of hydrogen-bond acceptors (Lipinski definition) is 5. The molecule has 0 radical (unpaired) electrons. The average molecular weight is 329 g/mol. The first-order valence-electron chi connectivity index (χ1n) is 7.28. The lowest BCUT2D eigenvalue weighted by Gasteiger charge is -2.21. The van der Waals surface area contributed by atoms with Crippen LogP contribution in [0.1, 0.15) is 15.9 Å². The van der Waals surface area contributed by atoms with Gasteiger partial charge in [-0.25, -0.2) is 9.59 Å². The topological polar surface area (TPSA) is 94.1 Å². The van der Waals surface area contributed by atoms with E-state index in [9.17, 15) is 9.59 Å². The predicted molar refractivity (Wildman–Crippen MR) is 84.6 cm³/mol. The molecule has 7 heteroatoms. The van der Waals surface area contributed by atoms with E-state index >= 15 is 0 Å². The van der Waals surface area contributed by atoms with Crippen LogP contribution in [0.3, 0.4) is 0 Å². The molecule has 124 valence electrons. The van der Waals surface area contributed by atoms with E-state index in [1.165, 1.54) is 12.1 Å². The van der Waals surface area contributed by atoms with Gasteiger partial charge >= 0.3 is 12.1 Å². The Kier molecular flexibility index (Phi) is 4.51. The Labute approximate surface area is 137 Å². The Morgan fingerprint density at radius 1 is 1.12 bits per heavy atom. The van der Waals surface area contributed by atoms with Gasteiger partial charge in [0.25, 0.3) is 0 Å². The zero-order valence-corrected chi connectivity index (χ0v) is 12.7. The van der Waals surface area contributed by atoms with Crippen molar-refractivity contribution in [2.24, 2.45) is 0 Å². The molecule has 2 aromatic rings. The fourth-order valence-electron chi connectivity index (χ4n) is 2.24. The number of fused-ring (bicyclic) bond motifs is 1. The third-order valence-corrected chi connectivity index (χ3v) is 3.34. The lowest BCUT2D eigenvalue weighted by molar-refractivity contribution is 0.0695. The molecule has 1 aliphatic rings. The van der Waals surface area contributed by atoms with Crippen LogP contribution in [0.4, 0.5) is 10.5 Å². The summed E-state index contributed by atoms with van der Waals surface area (Å²) in [6.45, 7) is 0.728. The highest BCUT2D eigenvalue weighted by Crippen LogP contribution is 2.39. The van der Waals surface area contributed by atoms with Crippen molar-refractivity contribution in [3.8, 4) is 11.5 Å². The molecule has 0 spiro atoms. The van der Waals surface area contributed by atoms with Crippen LogP contribution in [0.5, 0.6) is 11.5 Å². The van der Waals surface area contributed by atoms with Crippen molar-refractivity contribution in [2.75, 3.05) is 18.5 Å². The molecule has 3 rings (SSSR count). The zero-order valence-electron chi connectivity index (χ0n) is 12.7. The number of rotatable bonds is 4. The number of amides is 1. The highest BCUT2D eigenvalue weighted by atomic mass is 16.6. The number of aromatic carboxylic acids is 1. The fourth-order valence-corrected chi connectivity index (χ4v) is 2.24. The molecule has 0 aromatic heterocycles. The summed E-state index contributed by atoms with van der Waals surface area (Å²) in [4.78, 5) is 23.2. The molecule has 0 fully saturated rings. The maximum absolute atomic E-state index is 12.0. The molecule has 7 nitrogen and oxygen atoms in total. The third kappa shape index (κ3) is 3.57. The molecule has 0 aliphatic carbocycles. The van der Waals surface area contributed by atoms with Gasteiger partial charge in [-0.1, -0.05) is 30.3 Å². The Morgan fingerprint density at radius 3 is 2.62 bits per heavy atom. The number of anilines is 1. The summed E-state index contributed by atoms with van der Waals surface area (Å²) in [6, 6.07) is 11.9. The standard InChI is InChI=1S/C17H15NO6/c19-16(20)12-8-13(15-14(9-12)22-6-7-23-15)18-17(21)24-10-11-4-2-1-3-5-11/h1-5,8-9H,6-7,10H2,(H,18,21)(H,19,20). The van der Waals surface area contributed by atoms with Gasteiger partial charge in [-0.15, -0.1) is 0 Å². The lowest BCUT2D eigenvalue weighted by atomic mass is 10.1. The van der Waals surface area contributed by atoms with Gasteiger partial charge in [0.2, 0.25) is 0 Å². The second-order valence-electron chi connectivity index (χ2n) is 5.04. The Hall–Kier alpha value is -3.22. The van der Waals surface area contributed by atoms with Crippen LogP contribution >= 0.6 is 0 Å². The lowest BCUT2D eigenvalue weighted by Crippen LogP contribution is -2.20. The number of carbonyl (C=O) groups is 2. The normalized spacial score (nSPS) is 12.3. The first kappa shape index (κ1) is 15.7.